The minimum absolute atomic E-state index is 0.0793. The van der Waals surface area contributed by atoms with Gasteiger partial charge in [0.1, 0.15) is 4.49 Å². The molecule has 0 aliphatic carbocycles. The van der Waals surface area contributed by atoms with Gasteiger partial charge in [0.2, 0.25) is 0 Å². The lowest BCUT2D eigenvalue weighted by Crippen LogP contribution is -2.08. The van der Waals surface area contributed by atoms with E-state index < -0.39 is 9.84 Å². The molecule has 0 spiro atoms. The van der Waals surface area contributed by atoms with Crippen molar-refractivity contribution >= 4 is 33.0 Å². The van der Waals surface area contributed by atoms with Gasteiger partial charge in [-0.05, 0) is 5.92 Å². The SMILES string of the molecule is CC(C)CS(=O)(=O)C=C(Cl)Cl. The first-order valence-corrected chi connectivity index (χ1v) is 5.56. The Kier molecular flexibility index (Phi) is 4.44. The van der Waals surface area contributed by atoms with E-state index in [0.717, 1.165) is 5.41 Å². The van der Waals surface area contributed by atoms with Crippen molar-refractivity contribution in [2.45, 2.75) is 13.8 Å². The Bertz CT molecular complexity index is 237. The Morgan fingerprint density at radius 3 is 2.18 bits per heavy atom. The van der Waals surface area contributed by atoms with Crippen molar-refractivity contribution in [2.75, 3.05) is 5.75 Å². The van der Waals surface area contributed by atoms with Crippen molar-refractivity contribution in [3.63, 3.8) is 0 Å². The Morgan fingerprint density at radius 1 is 1.45 bits per heavy atom. The normalized spacial score (nSPS) is 11.7. The summed E-state index contributed by atoms with van der Waals surface area (Å²) in [6.45, 7) is 3.63. The molecule has 0 aliphatic rings. The standard InChI is InChI=1S/C6H10Cl2O2S/c1-5(2)3-11(9,10)4-6(7)8/h4-5H,3H2,1-2H3. The average Bonchev–Trinajstić information content (AvgIpc) is 1.53. The highest BCUT2D eigenvalue weighted by molar-refractivity contribution is 7.94. The van der Waals surface area contributed by atoms with Crippen LogP contribution in [0.4, 0.5) is 0 Å². The third-order valence-electron chi connectivity index (χ3n) is 0.834. The molecule has 11 heavy (non-hydrogen) atoms. The van der Waals surface area contributed by atoms with Gasteiger partial charge < -0.3 is 0 Å². The van der Waals surface area contributed by atoms with E-state index in [1.165, 1.54) is 0 Å². The van der Waals surface area contributed by atoms with E-state index in [1.807, 2.05) is 13.8 Å². The smallest absolute Gasteiger partial charge is 0.174 e. The van der Waals surface area contributed by atoms with Crippen LogP contribution < -0.4 is 0 Å². The minimum atomic E-state index is -3.21. The van der Waals surface area contributed by atoms with Crippen LogP contribution in [-0.4, -0.2) is 14.2 Å². The molecule has 66 valence electrons. The summed E-state index contributed by atoms with van der Waals surface area (Å²) in [5.74, 6) is 0.166. The van der Waals surface area contributed by atoms with Gasteiger partial charge in [-0.15, -0.1) is 0 Å². The fraction of sp³-hybridized carbons (Fsp3) is 0.667. The van der Waals surface area contributed by atoms with Gasteiger partial charge >= 0.3 is 0 Å². The van der Waals surface area contributed by atoms with Gasteiger partial charge in [0.15, 0.2) is 9.84 Å². The summed E-state index contributed by atoms with van der Waals surface area (Å²) in [5, 5.41) is 0.871. The maximum atomic E-state index is 11.0. The molecule has 0 heterocycles. The van der Waals surface area contributed by atoms with Gasteiger partial charge in [0.05, 0.1) is 11.2 Å². The third-order valence-corrected chi connectivity index (χ3v) is 3.04. The molecule has 0 aromatic heterocycles. The first-order valence-electron chi connectivity index (χ1n) is 3.09. The van der Waals surface area contributed by atoms with Crippen LogP contribution in [0.5, 0.6) is 0 Å². The third kappa shape index (κ3) is 6.66. The van der Waals surface area contributed by atoms with Crippen LogP contribution >= 0.6 is 23.2 Å². The summed E-state index contributed by atoms with van der Waals surface area (Å²) in [6, 6.07) is 0. The quantitative estimate of drug-likeness (QED) is 0.727. The van der Waals surface area contributed by atoms with E-state index in [4.69, 9.17) is 23.2 Å². The highest BCUT2D eigenvalue weighted by atomic mass is 35.5. The molecule has 0 saturated carbocycles. The second-order valence-electron chi connectivity index (χ2n) is 2.63. The summed E-state index contributed by atoms with van der Waals surface area (Å²) >= 11 is 10.4. The van der Waals surface area contributed by atoms with Crippen molar-refractivity contribution in [1.29, 1.82) is 0 Å². The monoisotopic (exact) mass is 216 g/mol. The van der Waals surface area contributed by atoms with E-state index in [1.54, 1.807) is 0 Å². The predicted octanol–water partition coefficient (Wildman–Crippen LogP) is 2.33. The number of sulfone groups is 1. The number of hydrogen-bond donors (Lipinski definition) is 0. The molecule has 2 nitrogen and oxygen atoms in total. The average molecular weight is 217 g/mol. The lowest BCUT2D eigenvalue weighted by molar-refractivity contribution is 0.591. The van der Waals surface area contributed by atoms with Gasteiger partial charge in [0, 0.05) is 0 Å². The topological polar surface area (TPSA) is 34.1 Å². The van der Waals surface area contributed by atoms with Gasteiger partial charge in [-0.3, -0.25) is 0 Å². The summed E-state index contributed by atoms with van der Waals surface area (Å²) in [6.07, 6.45) is 0. The fourth-order valence-electron chi connectivity index (χ4n) is 0.648. The summed E-state index contributed by atoms with van der Waals surface area (Å²) in [4.78, 5) is 0. The zero-order valence-corrected chi connectivity index (χ0v) is 8.67. The Hall–Kier alpha value is 0.270. The first-order chi connectivity index (χ1) is 4.83. The molecule has 0 amide bonds. The van der Waals surface area contributed by atoms with Crippen LogP contribution in [0.15, 0.2) is 9.90 Å². The zero-order valence-electron chi connectivity index (χ0n) is 6.34. The molecule has 5 heteroatoms. The maximum Gasteiger partial charge on any atom is 0.174 e. The second-order valence-corrected chi connectivity index (χ2v) is 5.53. The van der Waals surface area contributed by atoms with Crippen LogP contribution in [0.1, 0.15) is 13.8 Å². The fourth-order valence-corrected chi connectivity index (χ4v) is 2.76. The molecule has 0 aromatic rings. The minimum Gasteiger partial charge on any atom is -0.224 e. The van der Waals surface area contributed by atoms with Gasteiger partial charge in [-0.1, -0.05) is 37.0 Å². The van der Waals surface area contributed by atoms with Crippen LogP contribution in [0.25, 0.3) is 0 Å². The van der Waals surface area contributed by atoms with Crippen molar-refractivity contribution in [3.8, 4) is 0 Å². The van der Waals surface area contributed by atoms with Crippen molar-refractivity contribution in [1.82, 2.24) is 0 Å². The predicted molar refractivity (Wildman–Crippen MR) is 48.4 cm³/mol. The van der Waals surface area contributed by atoms with Crippen molar-refractivity contribution in [2.24, 2.45) is 5.92 Å². The molecule has 0 atom stereocenters. The van der Waals surface area contributed by atoms with Crippen LogP contribution in [0, 0.1) is 5.92 Å². The van der Waals surface area contributed by atoms with Crippen molar-refractivity contribution < 1.29 is 8.42 Å². The number of halogens is 2. The van der Waals surface area contributed by atoms with Gasteiger partial charge in [-0.25, -0.2) is 8.42 Å². The first kappa shape index (κ1) is 11.3. The molecule has 0 bridgehead atoms. The van der Waals surface area contributed by atoms with E-state index >= 15 is 0 Å². The molecule has 0 radical (unpaired) electrons. The van der Waals surface area contributed by atoms with E-state index in [-0.39, 0.29) is 16.2 Å². The van der Waals surface area contributed by atoms with E-state index in [0.29, 0.717) is 0 Å². The maximum absolute atomic E-state index is 11.0. The highest BCUT2D eigenvalue weighted by Gasteiger charge is 2.09. The Labute approximate surface area is 77.1 Å². The zero-order chi connectivity index (χ0) is 9.07. The summed E-state index contributed by atoms with van der Waals surface area (Å²) < 4.78 is 21.8. The summed E-state index contributed by atoms with van der Waals surface area (Å²) in [7, 11) is -3.21. The molecular weight excluding hydrogens is 207 g/mol. The van der Waals surface area contributed by atoms with Crippen LogP contribution in [-0.2, 0) is 9.84 Å². The van der Waals surface area contributed by atoms with Gasteiger partial charge in [0.25, 0.3) is 0 Å². The molecule has 0 rings (SSSR count). The summed E-state index contributed by atoms with van der Waals surface area (Å²) in [5.41, 5.74) is 0. The van der Waals surface area contributed by atoms with Gasteiger partial charge in [-0.2, -0.15) is 0 Å². The Balaban J connectivity index is 4.38. The number of hydrogen-bond acceptors (Lipinski definition) is 2. The largest absolute Gasteiger partial charge is 0.224 e. The molecule has 0 aromatic carbocycles. The molecule has 0 saturated heterocycles. The molecular formula is C6H10Cl2O2S. The highest BCUT2D eigenvalue weighted by Crippen LogP contribution is 2.11. The molecule has 0 unspecified atom stereocenters. The van der Waals surface area contributed by atoms with Crippen molar-refractivity contribution in [3.05, 3.63) is 9.90 Å². The van der Waals surface area contributed by atoms with E-state index in [2.05, 4.69) is 0 Å². The van der Waals surface area contributed by atoms with Crippen LogP contribution in [0.3, 0.4) is 0 Å². The lowest BCUT2D eigenvalue weighted by atomic mass is 10.3. The van der Waals surface area contributed by atoms with E-state index in [9.17, 15) is 8.42 Å². The number of rotatable bonds is 3. The molecule has 0 fully saturated rings. The van der Waals surface area contributed by atoms with Crippen LogP contribution in [0.2, 0.25) is 0 Å². The second kappa shape index (κ2) is 4.33. The lowest BCUT2D eigenvalue weighted by Gasteiger charge is -2.00. The molecule has 0 N–H and O–H groups in total. The Morgan fingerprint density at radius 2 is 1.91 bits per heavy atom. The molecule has 0 aliphatic heterocycles.